The second-order valence-electron chi connectivity index (χ2n) is 13.6. The molecule has 0 unspecified atom stereocenters. The molecule has 0 radical (unpaired) electrons. The van der Waals surface area contributed by atoms with E-state index >= 15 is 0 Å². The van der Waals surface area contributed by atoms with Crippen molar-refractivity contribution in [3.05, 3.63) is 0 Å². The standard InChI is InChI=1S/C29H51NO4S/c1-18(7-8-24(34)30-13-14-35-6)26(2)12-10-21-25-22(32)16-19-15-20(31)9-11-27(19,3)28(25,4)17-23(33)29(21,26)5/h18-23,25,31-33H,7-17H2,1-6H3,(H,30,34)/t18-,19+,20-,21+,22-,23+,25-,26-,27+,28+,29-/m1/s1. The monoisotopic (exact) mass is 509 g/mol. The maximum atomic E-state index is 12.4. The van der Waals surface area contributed by atoms with Crippen LogP contribution in [0.2, 0.25) is 0 Å². The second-order valence-corrected chi connectivity index (χ2v) is 14.6. The second kappa shape index (κ2) is 9.78. The van der Waals surface area contributed by atoms with Gasteiger partial charge in [0.15, 0.2) is 0 Å². The summed E-state index contributed by atoms with van der Waals surface area (Å²) in [7, 11) is 0. The lowest BCUT2D eigenvalue weighted by atomic mass is 9.36. The van der Waals surface area contributed by atoms with Gasteiger partial charge in [0, 0.05) is 24.1 Å². The molecule has 0 aliphatic heterocycles. The van der Waals surface area contributed by atoms with E-state index in [0.717, 1.165) is 63.7 Å². The Balaban J connectivity index is 1.57. The SMILES string of the molecule is CSCCNC(=O)CC[C@@H](C)[C@@]1(C)CC[C@H]2[C@@H]3[C@H](O)C[C@@H]4C[C@H](O)CC[C@]4(C)[C@@]3(C)C[C@H](O)[C@@]21C. The number of amides is 1. The maximum absolute atomic E-state index is 12.4. The van der Waals surface area contributed by atoms with Crippen molar-refractivity contribution in [1.29, 1.82) is 0 Å². The van der Waals surface area contributed by atoms with Gasteiger partial charge in [0.2, 0.25) is 5.91 Å². The number of aliphatic hydroxyl groups is 3. The average molecular weight is 510 g/mol. The molecule has 0 aromatic carbocycles. The molecule has 4 aliphatic carbocycles. The van der Waals surface area contributed by atoms with Crippen LogP contribution in [0.1, 0.15) is 92.4 Å². The Morgan fingerprint density at radius 1 is 1.06 bits per heavy atom. The Labute approximate surface area is 217 Å². The zero-order chi connectivity index (χ0) is 25.8. The summed E-state index contributed by atoms with van der Waals surface area (Å²) in [5.41, 5.74) is -0.439. The van der Waals surface area contributed by atoms with Gasteiger partial charge in [0.25, 0.3) is 0 Å². The lowest BCUT2D eigenvalue weighted by Crippen LogP contribution is -2.68. The van der Waals surface area contributed by atoms with Crippen LogP contribution >= 0.6 is 11.8 Å². The van der Waals surface area contributed by atoms with E-state index in [1.165, 1.54) is 0 Å². The number of hydrogen-bond donors (Lipinski definition) is 4. The fourth-order valence-corrected chi connectivity index (χ4v) is 10.2. The highest BCUT2D eigenvalue weighted by molar-refractivity contribution is 7.98. The van der Waals surface area contributed by atoms with E-state index in [4.69, 9.17) is 0 Å². The summed E-state index contributed by atoms with van der Waals surface area (Å²) >= 11 is 1.74. The number of thioether (sulfide) groups is 1. The summed E-state index contributed by atoms with van der Waals surface area (Å²) < 4.78 is 0. The third-order valence-corrected chi connectivity index (χ3v) is 13.3. The lowest BCUT2D eigenvalue weighted by molar-refractivity contribution is -0.260. The minimum absolute atomic E-state index is 0.0396. The smallest absolute Gasteiger partial charge is 0.220 e. The molecule has 0 spiro atoms. The summed E-state index contributed by atoms with van der Waals surface area (Å²) in [4.78, 5) is 12.4. The van der Waals surface area contributed by atoms with Gasteiger partial charge in [-0.2, -0.15) is 11.8 Å². The highest BCUT2D eigenvalue weighted by Crippen LogP contribution is 2.75. The molecule has 4 aliphatic rings. The molecule has 4 N–H and O–H groups in total. The third kappa shape index (κ3) is 4.12. The first-order valence-electron chi connectivity index (χ1n) is 14.1. The number of carbonyl (C=O) groups excluding carboxylic acids is 1. The van der Waals surface area contributed by atoms with Crippen LogP contribution in [0.5, 0.6) is 0 Å². The largest absolute Gasteiger partial charge is 0.393 e. The summed E-state index contributed by atoms with van der Waals surface area (Å²) in [6.45, 7) is 12.4. The van der Waals surface area contributed by atoms with Gasteiger partial charge in [-0.05, 0) is 97.5 Å². The molecule has 1 amide bonds. The van der Waals surface area contributed by atoms with Crippen LogP contribution in [0.15, 0.2) is 0 Å². The van der Waals surface area contributed by atoms with Crippen molar-refractivity contribution in [3.63, 3.8) is 0 Å². The molecule has 35 heavy (non-hydrogen) atoms. The van der Waals surface area contributed by atoms with Gasteiger partial charge in [-0.15, -0.1) is 0 Å². The molecule has 202 valence electrons. The first-order chi connectivity index (χ1) is 16.3. The topological polar surface area (TPSA) is 89.8 Å². The molecular weight excluding hydrogens is 458 g/mol. The van der Waals surface area contributed by atoms with Gasteiger partial charge >= 0.3 is 0 Å². The van der Waals surface area contributed by atoms with Crippen LogP contribution in [-0.4, -0.2) is 58.1 Å². The Morgan fingerprint density at radius 3 is 2.46 bits per heavy atom. The van der Waals surface area contributed by atoms with E-state index in [9.17, 15) is 20.1 Å². The van der Waals surface area contributed by atoms with Crippen molar-refractivity contribution in [2.45, 2.75) is 111 Å². The normalized spacial score (nSPS) is 50.1. The van der Waals surface area contributed by atoms with Crippen molar-refractivity contribution in [2.24, 2.45) is 45.3 Å². The summed E-state index contributed by atoms with van der Waals surface area (Å²) in [5.74, 6) is 2.15. The lowest BCUT2D eigenvalue weighted by Gasteiger charge is -2.70. The Morgan fingerprint density at radius 2 is 1.77 bits per heavy atom. The van der Waals surface area contributed by atoms with Gasteiger partial charge < -0.3 is 20.6 Å². The Kier molecular flexibility index (Phi) is 7.75. The van der Waals surface area contributed by atoms with Crippen LogP contribution in [0.3, 0.4) is 0 Å². The van der Waals surface area contributed by atoms with E-state index < -0.39 is 6.10 Å². The number of carbonyl (C=O) groups is 1. The first kappa shape index (κ1) is 27.7. The van der Waals surface area contributed by atoms with Crippen molar-refractivity contribution in [2.75, 3.05) is 18.6 Å². The molecule has 4 rings (SSSR count). The predicted molar refractivity (Wildman–Crippen MR) is 143 cm³/mol. The number of fused-ring (bicyclic) bond motifs is 5. The fraction of sp³-hybridized carbons (Fsp3) is 0.966. The molecule has 6 heteroatoms. The molecule has 0 aromatic rings. The highest BCUT2D eigenvalue weighted by atomic mass is 32.2. The number of aliphatic hydroxyl groups excluding tert-OH is 3. The summed E-state index contributed by atoms with van der Waals surface area (Å²) in [6, 6.07) is 0. The van der Waals surface area contributed by atoms with Gasteiger partial charge in [0.1, 0.15) is 0 Å². The first-order valence-corrected chi connectivity index (χ1v) is 15.5. The molecule has 4 saturated carbocycles. The molecule has 0 aromatic heterocycles. The molecule has 0 saturated heterocycles. The quantitative estimate of drug-likeness (QED) is 0.376. The molecule has 0 heterocycles. The molecular formula is C29H51NO4S. The van der Waals surface area contributed by atoms with Gasteiger partial charge in [-0.3, -0.25) is 4.79 Å². The van der Waals surface area contributed by atoms with Gasteiger partial charge in [-0.25, -0.2) is 0 Å². The van der Waals surface area contributed by atoms with Crippen LogP contribution in [0.25, 0.3) is 0 Å². The van der Waals surface area contributed by atoms with Crippen LogP contribution in [0.4, 0.5) is 0 Å². The number of rotatable bonds is 7. The fourth-order valence-electron chi connectivity index (χ4n) is 9.88. The van der Waals surface area contributed by atoms with Crippen molar-refractivity contribution >= 4 is 17.7 Å². The zero-order valence-electron chi connectivity index (χ0n) is 23.0. The van der Waals surface area contributed by atoms with E-state index in [0.29, 0.717) is 18.3 Å². The van der Waals surface area contributed by atoms with Gasteiger partial charge in [-0.1, -0.05) is 34.6 Å². The van der Waals surface area contributed by atoms with E-state index in [1.807, 2.05) is 6.26 Å². The number of nitrogens with one attached hydrogen (secondary N) is 1. The number of hydrogen-bond acceptors (Lipinski definition) is 5. The predicted octanol–water partition coefficient (Wildman–Crippen LogP) is 4.62. The highest BCUT2D eigenvalue weighted by Gasteiger charge is 2.72. The molecule has 4 fully saturated rings. The van der Waals surface area contributed by atoms with Crippen molar-refractivity contribution in [1.82, 2.24) is 5.32 Å². The molecule has 5 nitrogen and oxygen atoms in total. The minimum atomic E-state index is -0.422. The zero-order valence-corrected chi connectivity index (χ0v) is 23.8. The van der Waals surface area contributed by atoms with E-state index in [1.54, 1.807) is 11.8 Å². The van der Waals surface area contributed by atoms with Crippen molar-refractivity contribution < 1.29 is 20.1 Å². The summed E-state index contributed by atoms with van der Waals surface area (Å²) in [6.07, 6.45) is 8.53. The van der Waals surface area contributed by atoms with Crippen LogP contribution in [0, 0.1) is 45.3 Å². The van der Waals surface area contributed by atoms with Crippen LogP contribution < -0.4 is 5.32 Å². The minimum Gasteiger partial charge on any atom is -0.393 e. The van der Waals surface area contributed by atoms with Crippen LogP contribution in [-0.2, 0) is 4.79 Å². The Hall–Kier alpha value is -0.300. The molecule has 11 atom stereocenters. The van der Waals surface area contributed by atoms with Crippen molar-refractivity contribution in [3.8, 4) is 0 Å². The van der Waals surface area contributed by atoms with Gasteiger partial charge in [0.05, 0.1) is 18.3 Å². The maximum Gasteiger partial charge on any atom is 0.220 e. The average Bonchev–Trinajstić information content (AvgIpc) is 3.07. The molecule has 0 bridgehead atoms. The Bertz CT molecular complexity index is 795. The van der Waals surface area contributed by atoms with E-state index in [2.05, 4.69) is 39.9 Å². The third-order valence-electron chi connectivity index (χ3n) is 12.7. The summed E-state index contributed by atoms with van der Waals surface area (Å²) in [5, 5.41) is 37.0. The van der Waals surface area contributed by atoms with E-state index in [-0.39, 0.29) is 51.6 Å².